The maximum Gasteiger partial charge on any atom is 0.191 e. The standard InChI is InChI=1S/C15H25N5S/c1-4-16-13-9-14(18-15(17-13)21-3)20-8-7-11-5-6-12(10-20)19(11)2/h9,11-12H,4-8,10H2,1-3H3,(H,16,17,18). The minimum absolute atomic E-state index is 0.674. The molecule has 0 saturated carbocycles. The van der Waals surface area contributed by atoms with Crippen molar-refractivity contribution in [2.24, 2.45) is 0 Å². The predicted octanol–water partition coefficient (Wildman–Crippen LogP) is 2.30. The molecule has 5 nitrogen and oxygen atoms in total. The summed E-state index contributed by atoms with van der Waals surface area (Å²) in [5, 5.41) is 4.17. The highest BCUT2D eigenvalue weighted by molar-refractivity contribution is 7.98. The summed E-state index contributed by atoms with van der Waals surface area (Å²) in [6.07, 6.45) is 5.95. The van der Waals surface area contributed by atoms with Crippen molar-refractivity contribution in [2.45, 2.75) is 43.4 Å². The van der Waals surface area contributed by atoms with E-state index in [9.17, 15) is 0 Å². The van der Waals surface area contributed by atoms with Crippen LogP contribution in [0.3, 0.4) is 0 Å². The van der Waals surface area contributed by atoms with Crippen LogP contribution in [0.2, 0.25) is 0 Å². The third-order valence-electron chi connectivity index (χ3n) is 4.70. The maximum atomic E-state index is 4.73. The number of nitrogens with zero attached hydrogens (tertiary/aromatic N) is 4. The Hall–Kier alpha value is -1.01. The maximum absolute atomic E-state index is 4.73. The van der Waals surface area contributed by atoms with Gasteiger partial charge in [0, 0.05) is 37.8 Å². The molecule has 1 aromatic rings. The zero-order valence-electron chi connectivity index (χ0n) is 13.2. The number of thioether (sulfide) groups is 1. The molecule has 2 aliphatic heterocycles. The molecule has 1 aromatic heterocycles. The van der Waals surface area contributed by atoms with E-state index >= 15 is 0 Å². The van der Waals surface area contributed by atoms with E-state index in [1.165, 1.54) is 19.3 Å². The highest BCUT2D eigenvalue weighted by Crippen LogP contribution is 2.31. The second-order valence-electron chi connectivity index (χ2n) is 5.91. The van der Waals surface area contributed by atoms with Crippen LogP contribution in [0.4, 0.5) is 11.6 Å². The molecule has 2 aliphatic rings. The van der Waals surface area contributed by atoms with E-state index < -0.39 is 0 Å². The lowest BCUT2D eigenvalue weighted by molar-refractivity contribution is 0.254. The van der Waals surface area contributed by atoms with Gasteiger partial charge in [0.25, 0.3) is 0 Å². The quantitative estimate of drug-likeness (QED) is 0.680. The van der Waals surface area contributed by atoms with Crippen LogP contribution in [0.1, 0.15) is 26.2 Å². The monoisotopic (exact) mass is 307 g/mol. The summed E-state index contributed by atoms with van der Waals surface area (Å²) < 4.78 is 0. The fraction of sp³-hybridized carbons (Fsp3) is 0.733. The lowest BCUT2D eigenvalue weighted by Crippen LogP contribution is -2.37. The number of nitrogens with one attached hydrogen (secondary N) is 1. The fourth-order valence-corrected chi connectivity index (χ4v) is 3.83. The molecule has 21 heavy (non-hydrogen) atoms. The van der Waals surface area contributed by atoms with E-state index in [1.807, 2.05) is 6.26 Å². The van der Waals surface area contributed by atoms with Crippen molar-refractivity contribution in [1.82, 2.24) is 14.9 Å². The molecular weight excluding hydrogens is 282 g/mol. The van der Waals surface area contributed by atoms with Crippen molar-refractivity contribution in [3.8, 4) is 0 Å². The first-order chi connectivity index (χ1) is 10.2. The van der Waals surface area contributed by atoms with Gasteiger partial charge < -0.3 is 10.2 Å². The van der Waals surface area contributed by atoms with Gasteiger partial charge in [-0.15, -0.1) is 0 Å². The minimum Gasteiger partial charge on any atom is -0.370 e. The van der Waals surface area contributed by atoms with Gasteiger partial charge in [0.2, 0.25) is 0 Å². The molecule has 3 heterocycles. The number of fused-ring (bicyclic) bond motifs is 2. The molecule has 2 fully saturated rings. The third-order valence-corrected chi connectivity index (χ3v) is 5.25. The van der Waals surface area contributed by atoms with Crippen LogP contribution in [0.15, 0.2) is 11.2 Å². The van der Waals surface area contributed by atoms with Gasteiger partial charge in [-0.1, -0.05) is 11.8 Å². The van der Waals surface area contributed by atoms with Gasteiger partial charge in [0.15, 0.2) is 5.16 Å². The molecule has 2 unspecified atom stereocenters. The summed E-state index contributed by atoms with van der Waals surface area (Å²) in [6, 6.07) is 3.53. The van der Waals surface area contributed by atoms with E-state index in [1.54, 1.807) is 11.8 Å². The smallest absolute Gasteiger partial charge is 0.191 e. The van der Waals surface area contributed by atoms with E-state index in [2.05, 4.69) is 40.1 Å². The van der Waals surface area contributed by atoms with Crippen molar-refractivity contribution in [2.75, 3.05) is 43.2 Å². The van der Waals surface area contributed by atoms with Gasteiger partial charge in [0.1, 0.15) is 11.6 Å². The highest BCUT2D eigenvalue weighted by Gasteiger charge is 2.35. The number of rotatable bonds is 4. The minimum atomic E-state index is 0.674. The Labute approximate surface area is 131 Å². The van der Waals surface area contributed by atoms with E-state index in [-0.39, 0.29) is 0 Å². The van der Waals surface area contributed by atoms with Gasteiger partial charge in [-0.05, 0) is 39.5 Å². The van der Waals surface area contributed by atoms with Gasteiger partial charge in [0.05, 0.1) is 0 Å². The van der Waals surface area contributed by atoms with Crippen molar-refractivity contribution < 1.29 is 0 Å². The zero-order chi connectivity index (χ0) is 14.8. The molecule has 0 spiro atoms. The van der Waals surface area contributed by atoms with Crippen LogP contribution in [-0.4, -0.2) is 59.9 Å². The Morgan fingerprint density at radius 2 is 2.10 bits per heavy atom. The molecular formula is C15H25N5S. The predicted molar refractivity (Wildman–Crippen MR) is 89.4 cm³/mol. The normalized spacial score (nSPS) is 26.0. The molecule has 2 saturated heterocycles. The summed E-state index contributed by atoms with van der Waals surface area (Å²) in [6.45, 7) is 5.17. The summed E-state index contributed by atoms with van der Waals surface area (Å²) >= 11 is 1.61. The molecule has 0 amide bonds. The van der Waals surface area contributed by atoms with Crippen LogP contribution in [0.5, 0.6) is 0 Å². The SMILES string of the molecule is CCNc1cc(N2CCC3CCC(C2)N3C)nc(SC)n1. The zero-order valence-corrected chi connectivity index (χ0v) is 14.0. The first-order valence-electron chi connectivity index (χ1n) is 7.85. The number of hydrogen-bond donors (Lipinski definition) is 1. The van der Waals surface area contributed by atoms with Gasteiger partial charge in [-0.2, -0.15) is 0 Å². The summed E-state index contributed by atoms with van der Waals surface area (Å²) in [7, 11) is 2.28. The van der Waals surface area contributed by atoms with Gasteiger partial charge in [-0.25, -0.2) is 9.97 Å². The molecule has 2 atom stereocenters. The van der Waals surface area contributed by atoms with E-state index in [4.69, 9.17) is 4.98 Å². The molecule has 0 radical (unpaired) electrons. The van der Waals surface area contributed by atoms with Gasteiger partial charge in [-0.3, -0.25) is 4.90 Å². The average Bonchev–Trinajstić information content (AvgIpc) is 2.72. The number of aromatic nitrogens is 2. The van der Waals surface area contributed by atoms with Crippen LogP contribution < -0.4 is 10.2 Å². The summed E-state index contributed by atoms with van der Waals surface area (Å²) in [5.74, 6) is 2.01. The van der Waals surface area contributed by atoms with Crippen LogP contribution in [0.25, 0.3) is 0 Å². The number of likely N-dealkylation sites (N-methyl/N-ethyl adjacent to an activating group) is 1. The highest BCUT2D eigenvalue weighted by atomic mass is 32.2. The Balaban J connectivity index is 1.83. The lowest BCUT2D eigenvalue weighted by Gasteiger charge is -2.27. The summed E-state index contributed by atoms with van der Waals surface area (Å²) in [4.78, 5) is 14.3. The van der Waals surface area contributed by atoms with Crippen LogP contribution >= 0.6 is 11.8 Å². The first-order valence-corrected chi connectivity index (χ1v) is 9.07. The van der Waals surface area contributed by atoms with Crippen molar-refractivity contribution in [3.63, 3.8) is 0 Å². The third kappa shape index (κ3) is 3.11. The Kier molecular flexibility index (Phi) is 4.54. The lowest BCUT2D eigenvalue weighted by atomic mass is 10.1. The Morgan fingerprint density at radius 1 is 1.29 bits per heavy atom. The number of hydrogen-bond acceptors (Lipinski definition) is 6. The largest absolute Gasteiger partial charge is 0.370 e. The number of anilines is 2. The van der Waals surface area contributed by atoms with Crippen LogP contribution in [-0.2, 0) is 0 Å². The van der Waals surface area contributed by atoms with Crippen LogP contribution in [0, 0.1) is 0 Å². The second kappa shape index (κ2) is 6.40. The molecule has 2 bridgehead atoms. The van der Waals surface area contributed by atoms with E-state index in [0.717, 1.165) is 42.5 Å². The topological polar surface area (TPSA) is 44.3 Å². The fourth-order valence-electron chi connectivity index (χ4n) is 3.45. The molecule has 3 rings (SSSR count). The average molecular weight is 307 g/mol. The summed E-state index contributed by atoms with van der Waals surface area (Å²) in [5.41, 5.74) is 0. The van der Waals surface area contributed by atoms with E-state index in [0.29, 0.717) is 6.04 Å². The molecule has 116 valence electrons. The molecule has 6 heteroatoms. The second-order valence-corrected chi connectivity index (χ2v) is 6.69. The van der Waals surface area contributed by atoms with Gasteiger partial charge >= 0.3 is 0 Å². The molecule has 0 aromatic carbocycles. The first kappa shape index (κ1) is 14.9. The van der Waals surface area contributed by atoms with Crippen molar-refractivity contribution in [3.05, 3.63) is 6.07 Å². The van der Waals surface area contributed by atoms with Crippen molar-refractivity contribution in [1.29, 1.82) is 0 Å². The molecule has 0 aliphatic carbocycles. The van der Waals surface area contributed by atoms with Crippen molar-refractivity contribution >= 4 is 23.4 Å². The molecule has 1 N–H and O–H groups in total. The Morgan fingerprint density at radius 3 is 2.86 bits per heavy atom. The Bertz CT molecular complexity index is 495.